The van der Waals surface area contributed by atoms with Crippen LogP contribution < -0.4 is 4.57 Å². The molecule has 0 amide bonds. The summed E-state index contributed by atoms with van der Waals surface area (Å²) in [7, 11) is 2.08. The minimum atomic E-state index is 0.692. The molecule has 24 heavy (non-hydrogen) atoms. The lowest BCUT2D eigenvalue weighted by Crippen LogP contribution is -2.32. The third kappa shape index (κ3) is 2.14. The Labute approximate surface area is 141 Å². The summed E-state index contributed by atoms with van der Waals surface area (Å²) in [5.41, 5.74) is 5.52. The number of aromatic nitrogens is 1. The summed E-state index contributed by atoms with van der Waals surface area (Å²) in [4.78, 5) is 0. The minimum Gasteiger partial charge on any atom is -0.194 e. The first-order valence-electron chi connectivity index (χ1n) is 8.00. The van der Waals surface area contributed by atoms with Gasteiger partial charge in [0.25, 0.3) is 0 Å². The maximum absolute atomic E-state index is 9.08. The van der Waals surface area contributed by atoms with Crippen LogP contribution in [-0.4, -0.2) is 0 Å². The summed E-state index contributed by atoms with van der Waals surface area (Å²) in [6, 6.07) is 25.1. The van der Waals surface area contributed by atoms with Crippen LogP contribution in [-0.2, 0) is 7.05 Å². The Hall–Kier alpha value is -3.18. The maximum atomic E-state index is 9.08. The summed E-state index contributed by atoms with van der Waals surface area (Å²) < 4.78 is 2.20. The van der Waals surface area contributed by atoms with Crippen molar-refractivity contribution in [1.82, 2.24) is 0 Å². The number of benzene rings is 3. The number of rotatable bonds is 1. The van der Waals surface area contributed by atoms with E-state index in [1.165, 1.54) is 27.6 Å². The highest BCUT2D eigenvalue weighted by Crippen LogP contribution is 2.28. The van der Waals surface area contributed by atoms with Gasteiger partial charge in [0.2, 0.25) is 11.2 Å². The van der Waals surface area contributed by atoms with Crippen LogP contribution in [0.3, 0.4) is 0 Å². The zero-order valence-electron chi connectivity index (χ0n) is 13.7. The lowest BCUT2D eigenvalue weighted by Gasteiger charge is -2.09. The van der Waals surface area contributed by atoms with E-state index in [9.17, 15) is 0 Å². The lowest BCUT2D eigenvalue weighted by atomic mass is 9.97. The third-order valence-electron chi connectivity index (χ3n) is 4.77. The molecule has 0 aliphatic heterocycles. The molecule has 1 aromatic heterocycles. The Bertz CT molecular complexity index is 1130. The van der Waals surface area contributed by atoms with Crippen LogP contribution in [0, 0.1) is 18.3 Å². The summed E-state index contributed by atoms with van der Waals surface area (Å²) in [5.74, 6) is 0. The molecular weight excluding hydrogens is 292 g/mol. The van der Waals surface area contributed by atoms with Crippen LogP contribution >= 0.6 is 0 Å². The molecular formula is C22H17N2+. The molecule has 4 aromatic rings. The second-order valence-electron chi connectivity index (χ2n) is 6.12. The van der Waals surface area contributed by atoms with Crippen molar-refractivity contribution in [2.24, 2.45) is 7.05 Å². The fraction of sp³-hybridized carbons (Fsp3) is 0.0909. The molecule has 114 valence electrons. The topological polar surface area (TPSA) is 27.7 Å². The monoisotopic (exact) mass is 309 g/mol. The number of fused-ring (bicyclic) bond motifs is 2. The molecule has 0 aliphatic carbocycles. The van der Waals surface area contributed by atoms with E-state index in [1.54, 1.807) is 0 Å². The van der Waals surface area contributed by atoms with Gasteiger partial charge < -0.3 is 0 Å². The minimum absolute atomic E-state index is 0.692. The van der Waals surface area contributed by atoms with E-state index in [-0.39, 0.29) is 0 Å². The van der Waals surface area contributed by atoms with Crippen LogP contribution in [0.4, 0.5) is 0 Å². The van der Waals surface area contributed by atoms with Crippen LogP contribution in [0.2, 0.25) is 0 Å². The molecule has 0 aliphatic rings. The molecule has 0 fully saturated rings. The van der Waals surface area contributed by atoms with Crippen molar-refractivity contribution in [3.63, 3.8) is 0 Å². The summed E-state index contributed by atoms with van der Waals surface area (Å²) >= 11 is 0. The Kier molecular flexibility index (Phi) is 3.29. The summed E-state index contributed by atoms with van der Waals surface area (Å²) in [5, 5.41) is 12.7. The van der Waals surface area contributed by atoms with Crippen molar-refractivity contribution < 1.29 is 4.57 Å². The van der Waals surface area contributed by atoms with E-state index in [0.717, 1.165) is 10.9 Å². The number of nitrogens with zero attached hydrogens (tertiary/aromatic N) is 2. The van der Waals surface area contributed by atoms with Crippen molar-refractivity contribution in [2.45, 2.75) is 6.92 Å². The van der Waals surface area contributed by atoms with Crippen LogP contribution in [0.15, 0.2) is 66.7 Å². The highest BCUT2D eigenvalue weighted by Gasteiger charge is 2.17. The van der Waals surface area contributed by atoms with Crippen molar-refractivity contribution in [3.8, 4) is 17.3 Å². The van der Waals surface area contributed by atoms with Gasteiger partial charge in [-0.15, -0.1) is 0 Å². The highest BCUT2D eigenvalue weighted by molar-refractivity contribution is 5.91. The van der Waals surface area contributed by atoms with Gasteiger partial charge in [-0.1, -0.05) is 30.3 Å². The Morgan fingerprint density at radius 2 is 1.67 bits per heavy atom. The van der Waals surface area contributed by atoms with Crippen molar-refractivity contribution in [3.05, 3.63) is 77.9 Å². The Morgan fingerprint density at radius 3 is 2.50 bits per heavy atom. The quantitative estimate of drug-likeness (QED) is 0.470. The van der Waals surface area contributed by atoms with Crippen molar-refractivity contribution in [1.29, 1.82) is 5.26 Å². The second kappa shape index (κ2) is 5.47. The number of aryl methyl sites for hydroxylation is 2. The molecule has 3 aromatic carbocycles. The molecule has 2 nitrogen and oxygen atoms in total. The largest absolute Gasteiger partial charge is 0.213 e. The number of nitriles is 1. The van der Waals surface area contributed by atoms with Crippen LogP contribution in [0.5, 0.6) is 0 Å². The zero-order chi connectivity index (χ0) is 16.7. The van der Waals surface area contributed by atoms with E-state index >= 15 is 0 Å². The molecule has 0 N–H and O–H groups in total. The standard InChI is InChI=1S/C22H17N2/c1-15-19-6-4-3-5-17(19)8-10-20(15)22-12-9-18-13-16(14-23)7-11-21(18)24(22)2/h3-13H,1-2H3/q+1. The van der Waals surface area contributed by atoms with Crippen molar-refractivity contribution in [2.75, 3.05) is 0 Å². The summed E-state index contributed by atoms with van der Waals surface area (Å²) in [6.07, 6.45) is 0. The van der Waals surface area contributed by atoms with Gasteiger partial charge in [-0.05, 0) is 47.5 Å². The molecule has 0 saturated carbocycles. The van der Waals surface area contributed by atoms with Crippen LogP contribution in [0.1, 0.15) is 11.1 Å². The van der Waals surface area contributed by atoms with E-state index in [0.29, 0.717) is 5.56 Å². The fourth-order valence-electron chi connectivity index (χ4n) is 3.45. The maximum Gasteiger partial charge on any atom is 0.213 e. The van der Waals surface area contributed by atoms with Gasteiger partial charge in [0, 0.05) is 23.1 Å². The van der Waals surface area contributed by atoms with E-state index in [4.69, 9.17) is 5.26 Å². The predicted octanol–water partition coefficient (Wildman–Crippen LogP) is 4.66. The molecule has 0 atom stereocenters. The van der Waals surface area contributed by atoms with E-state index in [1.807, 2.05) is 18.2 Å². The normalized spacial score (nSPS) is 10.9. The zero-order valence-corrected chi connectivity index (χ0v) is 13.7. The van der Waals surface area contributed by atoms with Crippen LogP contribution in [0.25, 0.3) is 32.9 Å². The van der Waals surface area contributed by atoms with E-state index < -0.39 is 0 Å². The van der Waals surface area contributed by atoms with Gasteiger partial charge in [-0.3, -0.25) is 0 Å². The van der Waals surface area contributed by atoms with Gasteiger partial charge in [-0.2, -0.15) is 9.83 Å². The second-order valence-corrected chi connectivity index (χ2v) is 6.12. The molecule has 0 bridgehead atoms. The van der Waals surface area contributed by atoms with Gasteiger partial charge in [-0.25, -0.2) is 0 Å². The first-order valence-corrected chi connectivity index (χ1v) is 8.00. The molecule has 1 heterocycles. The first-order chi connectivity index (χ1) is 11.7. The molecule has 0 unspecified atom stereocenters. The highest BCUT2D eigenvalue weighted by atomic mass is 14.9. The SMILES string of the molecule is Cc1c(-c2ccc3cc(C#N)ccc3[n+]2C)ccc2ccccc12. The average Bonchev–Trinajstić information content (AvgIpc) is 2.63. The van der Waals surface area contributed by atoms with Gasteiger partial charge in [0.1, 0.15) is 7.05 Å². The molecule has 4 rings (SSSR count). The van der Waals surface area contributed by atoms with Gasteiger partial charge in [0.05, 0.1) is 11.6 Å². The molecule has 0 spiro atoms. The average molecular weight is 309 g/mol. The molecule has 2 heteroatoms. The lowest BCUT2D eigenvalue weighted by molar-refractivity contribution is -0.633. The number of hydrogen-bond donors (Lipinski definition) is 0. The van der Waals surface area contributed by atoms with Gasteiger partial charge in [0.15, 0.2) is 0 Å². The Morgan fingerprint density at radius 1 is 0.875 bits per heavy atom. The van der Waals surface area contributed by atoms with E-state index in [2.05, 4.69) is 73.1 Å². The fourth-order valence-corrected chi connectivity index (χ4v) is 3.45. The smallest absolute Gasteiger partial charge is 0.194 e. The Balaban J connectivity index is 1.99. The number of pyridine rings is 1. The van der Waals surface area contributed by atoms with Gasteiger partial charge >= 0.3 is 0 Å². The first kappa shape index (κ1) is 14.4. The third-order valence-corrected chi connectivity index (χ3v) is 4.77. The molecule has 0 saturated heterocycles. The van der Waals surface area contributed by atoms with Crippen molar-refractivity contribution >= 4 is 21.7 Å². The predicted molar refractivity (Wildman–Crippen MR) is 97.5 cm³/mol. The summed E-state index contributed by atoms with van der Waals surface area (Å²) in [6.45, 7) is 2.18. The number of hydrogen-bond acceptors (Lipinski definition) is 1. The molecule has 0 radical (unpaired) electrons.